The zero-order valence-electron chi connectivity index (χ0n) is 12.9. The van der Waals surface area contributed by atoms with Crippen LogP contribution in [-0.2, 0) is 4.74 Å². The van der Waals surface area contributed by atoms with Crippen molar-refractivity contribution in [3.05, 3.63) is 18.0 Å². The molecule has 0 aromatic carbocycles. The highest BCUT2D eigenvalue weighted by atomic mass is 16.5. The summed E-state index contributed by atoms with van der Waals surface area (Å²) in [5, 5.41) is 6.23. The van der Waals surface area contributed by atoms with E-state index in [1.165, 1.54) is 19.3 Å². The quantitative estimate of drug-likeness (QED) is 0.871. The SMILES string of the molecule is O=C(NC1CCCCC1)c1cnc(NCC2CCCO2)nc1. The van der Waals surface area contributed by atoms with Crippen LogP contribution in [0.5, 0.6) is 0 Å². The van der Waals surface area contributed by atoms with E-state index in [9.17, 15) is 4.79 Å². The summed E-state index contributed by atoms with van der Waals surface area (Å²) in [6.07, 6.45) is 11.5. The number of aromatic nitrogens is 2. The van der Waals surface area contributed by atoms with Gasteiger partial charge in [0, 0.05) is 31.6 Å². The molecule has 1 unspecified atom stereocenters. The number of nitrogens with zero attached hydrogens (tertiary/aromatic N) is 2. The molecule has 0 radical (unpaired) electrons. The highest BCUT2D eigenvalue weighted by molar-refractivity contribution is 5.93. The van der Waals surface area contributed by atoms with Crippen LogP contribution in [0, 0.1) is 0 Å². The van der Waals surface area contributed by atoms with Gasteiger partial charge in [-0.3, -0.25) is 4.79 Å². The van der Waals surface area contributed by atoms with E-state index in [-0.39, 0.29) is 12.0 Å². The predicted octanol–water partition coefficient (Wildman–Crippen LogP) is 2.13. The molecule has 0 spiro atoms. The van der Waals surface area contributed by atoms with Gasteiger partial charge in [0.1, 0.15) is 0 Å². The summed E-state index contributed by atoms with van der Waals surface area (Å²) in [5.41, 5.74) is 0.522. The predicted molar refractivity (Wildman–Crippen MR) is 83.8 cm³/mol. The summed E-state index contributed by atoms with van der Waals surface area (Å²) < 4.78 is 5.54. The smallest absolute Gasteiger partial charge is 0.254 e. The molecule has 1 atom stereocenters. The second kappa shape index (κ2) is 7.54. The monoisotopic (exact) mass is 304 g/mol. The van der Waals surface area contributed by atoms with Crippen LogP contribution in [0.15, 0.2) is 12.4 Å². The third kappa shape index (κ3) is 4.16. The Morgan fingerprint density at radius 2 is 1.91 bits per heavy atom. The standard InChI is InChI=1S/C16H24N4O2/c21-15(20-13-5-2-1-3-6-13)12-9-17-16(18-10-12)19-11-14-7-4-8-22-14/h9-10,13-14H,1-8,11H2,(H,20,21)(H,17,18,19). The van der Waals surface area contributed by atoms with Gasteiger partial charge in [-0.1, -0.05) is 19.3 Å². The fourth-order valence-corrected chi connectivity index (χ4v) is 3.06. The van der Waals surface area contributed by atoms with Crippen LogP contribution < -0.4 is 10.6 Å². The molecule has 6 nitrogen and oxygen atoms in total. The molecule has 120 valence electrons. The third-order valence-electron chi connectivity index (χ3n) is 4.37. The molecule has 2 N–H and O–H groups in total. The average Bonchev–Trinajstić information content (AvgIpc) is 3.08. The summed E-state index contributed by atoms with van der Waals surface area (Å²) in [7, 11) is 0. The number of hydrogen-bond acceptors (Lipinski definition) is 5. The molecule has 1 aromatic heterocycles. The van der Waals surface area contributed by atoms with Crippen LogP contribution in [0.4, 0.5) is 5.95 Å². The van der Waals surface area contributed by atoms with Crippen molar-refractivity contribution in [2.45, 2.75) is 57.1 Å². The molecule has 1 aliphatic carbocycles. The normalized spacial score (nSPS) is 22.5. The first-order valence-electron chi connectivity index (χ1n) is 8.29. The number of nitrogens with one attached hydrogen (secondary N) is 2. The number of amides is 1. The van der Waals surface area contributed by atoms with E-state index in [1.807, 2.05) is 0 Å². The first-order chi connectivity index (χ1) is 10.8. The molecule has 6 heteroatoms. The van der Waals surface area contributed by atoms with Gasteiger partial charge in [0.15, 0.2) is 0 Å². The van der Waals surface area contributed by atoms with Crippen molar-refractivity contribution < 1.29 is 9.53 Å². The van der Waals surface area contributed by atoms with Gasteiger partial charge in [-0.05, 0) is 25.7 Å². The van der Waals surface area contributed by atoms with Crippen molar-refractivity contribution in [2.24, 2.45) is 0 Å². The topological polar surface area (TPSA) is 76.1 Å². The highest BCUT2D eigenvalue weighted by Gasteiger charge is 2.18. The summed E-state index contributed by atoms with van der Waals surface area (Å²) in [5.74, 6) is 0.474. The van der Waals surface area contributed by atoms with Gasteiger partial charge < -0.3 is 15.4 Å². The summed E-state index contributed by atoms with van der Waals surface area (Å²) in [4.78, 5) is 20.6. The highest BCUT2D eigenvalue weighted by Crippen LogP contribution is 2.18. The van der Waals surface area contributed by atoms with E-state index in [2.05, 4.69) is 20.6 Å². The summed E-state index contributed by atoms with van der Waals surface area (Å²) >= 11 is 0. The molecule has 1 aromatic rings. The van der Waals surface area contributed by atoms with Crippen molar-refractivity contribution in [2.75, 3.05) is 18.5 Å². The largest absolute Gasteiger partial charge is 0.376 e. The Morgan fingerprint density at radius 3 is 2.59 bits per heavy atom. The van der Waals surface area contributed by atoms with Crippen LogP contribution in [-0.4, -0.2) is 41.2 Å². The fourth-order valence-electron chi connectivity index (χ4n) is 3.06. The van der Waals surface area contributed by atoms with Gasteiger partial charge in [-0.2, -0.15) is 0 Å². The fraction of sp³-hybridized carbons (Fsp3) is 0.688. The first kappa shape index (κ1) is 15.2. The molecule has 2 aliphatic rings. The maximum absolute atomic E-state index is 12.2. The Hall–Kier alpha value is -1.69. The number of hydrogen-bond donors (Lipinski definition) is 2. The minimum absolute atomic E-state index is 0.0717. The summed E-state index contributed by atoms with van der Waals surface area (Å²) in [6, 6.07) is 0.304. The van der Waals surface area contributed by atoms with Gasteiger partial charge >= 0.3 is 0 Å². The molecular weight excluding hydrogens is 280 g/mol. The van der Waals surface area contributed by atoms with Crippen LogP contribution in [0.25, 0.3) is 0 Å². The van der Waals surface area contributed by atoms with Gasteiger partial charge in [0.2, 0.25) is 5.95 Å². The van der Waals surface area contributed by atoms with Gasteiger partial charge in [0.05, 0.1) is 11.7 Å². The van der Waals surface area contributed by atoms with E-state index in [0.29, 0.717) is 24.1 Å². The molecular formula is C16H24N4O2. The number of carbonyl (C=O) groups excluding carboxylic acids is 1. The molecule has 0 bridgehead atoms. The van der Waals surface area contributed by atoms with Crippen molar-refractivity contribution in [1.29, 1.82) is 0 Å². The Kier molecular flexibility index (Phi) is 5.21. The lowest BCUT2D eigenvalue weighted by Gasteiger charge is -2.22. The number of anilines is 1. The maximum atomic E-state index is 12.2. The van der Waals surface area contributed by atoms with Crippen molar-refractivity contribution in [1.82, 2.24) is 15.3 Å². The maximum Gasteiger partial charge on any atom is 0.254 e. The number of carbonyl (C=O) groups is 1. The van der Waals surface area contributed by atoms with Crippen molar-refractivity contribution in [3.8, 4) is 0 Å². The molecule has 3 rings (SSSR count). The van der Waals surface area contributed by atoms with Crippen LogP contribution in [0.3, 0.4) is 0 Å². The van der Waals surface area contributed by atoms with Gasteiger partial charge in [-0.25, -0.2) is 9.97 Å². The van der Waals surface area contributed by atoms with Crippen molar-refractivity contribution >= 4 is 11.9 Å². The third-order valence-corrected chi connectivity index (χ3v) is 4.37. The minimum atomic E-state index is -0.0717. The van der Waals surface area contributed by atoms with E-state index in [1.54, 1.807) is 12.4 Å². The van der Waals surface area contributed by atoms with E-state index in [0.717, 1.165) is 32.3 Å². The molecule has 1 amide bonds. The molecule has 2 fully saturated rings. The molecule has 1 aliphatic heterocycles. The van der Waals surface area contributed by atoms with E-state index < -0.39 is 0 Å². The Morgan fingerprint density at radius 1 is 1.14 bits per heavy atom. The zero-order chi connectivity index (χ0) is 15.2. The Bertz CT molecular complexity index is 479. The molecule has 1 saturated heterocycles. The minimum Gasteiger partial charge on any atom is -0.376 e. The van der Waals surface area contributed by atoms with Gasteiger partial charge in [0.25, 0.3) is 5.91 Å². The van der Waals surface area contributed by atoms with Crippen molar-refractivity contribution in [3.63, 3.8) is 0 Å². The average molecular weight is 304 g/mol. The lowest BCUT2D eigenvalue weighted by atomic mass is 9.95. The second-order valence-corrected chi connectivity index (χ2v) is 6.12. The van der Waals surface area contributed by atoms with E-state index >= 15 is 0 Å². The van der Waals surface area contributed by atoms with E-state index in [4.69, 9.17) is 4.74 Å². The van der Waals surface area contributed by atoms with Crippen LogP contribution >= 0.6 is 0 Å². The second-order valence-electron chi connectivity index (χ2n) is 6.12. The number of ether oxygens (including phenoxy) is 1. The Labute approximate surface area is 131 Å². The van der Waals surface area contributed by atoms with Crippen LogP contribution in [0.2, 0.25) is 0 Å². The zero-order valence-corrected chi connectivity index (χ0v) is 12.9. The number of rotatable bonds is 5. The molecule has 22 heavy (non-hydrogen) atoms. The van der Waals surface area contributed by atoms with Gasteiger partial charge in [-0.15, -0.1) is 0 Å². The van der Waals surface area contributed by atoms with Crippen LogP contribution in [0.1, 0.15) is 55.3 Å². The lowest BCUT2D eigenvalue weighted by Crippen LogP contribution is -2.36. The lowest BCUT2D eigenvalue weighted by molar-refractivity contribution is 0.0927. The molecule has 2 heterocycles. The Balaban J connectivity index is 1.48. The summed E-state index contributed by atoms with van der Waals surface area (Å²) in [6.45, 7) is 1.56. The molecule has 1 saturated carbocycles. The first-order valence-corrected chi connectivity index (χ1v) is 8.29.